The Morgan fingerprint density at radius 2 is 2.04 bits per heavy atom. The van der Waals surface area contributed by atoms with E-state index in [1.54, 1.807) is 12.5 Å². The smallest absolute Gasteiger partial charge is 0.139 e. The van der Waals surface area contributed by atoms with Crippen molar-refractivity contribution in [3.63, 3.8) is 0 Å². The summed E-state index contributed by atoms with van der Waals surface area (Å²) < 4.78 is 2.08. The quantitative estimate of drug-likeness (QED) is 0.528. The number of rotatable bonds is 3. The summed E-state index contributed by atoms with van der Waals surface area (Å²) in [6.07, 6.45) is 16.0. The van der Waals surface area contributed by atoms with Crippen LogP contribution in [0.1, 0.15) is 37.8 Å². The van der Waals surface area contributed by atoms with E-state index in [-0.39, 0.29) is 0 Å². The first-order valence-electron chi connectivity index (χ1n) is 9.25. The number of aromatic amines is 2. The third-order valence-corrected chi connectivity index (χ3v) is 5.07. The van der Waals surface area contributed by atoms with Crippen LogP contribution in [-0.2, 0) is 13.6 Å². The predicted molar refractivity (Wildman–Crippen MR) is 103 cm³/mol. The van der Waals surface area contributed by atoms with E-state index in [1.807, 2.05) is 31.8 Å². The van der Waals surface area contributed by atoms with Gasteiger partial charge in [-0.05, 0) is 18.9 Å². The van der Waals surface area contributed by atoms with Crippen molar-refractivity contribution >= 4 is 22.1 Å². The lowest BCUT2D eigenvalue weighted by Gasteiger charge is -2.22. The summed E-state index contributed by atoms with van der Waals surface area (Å²) in [6, 6.07) is 2.71. The minimum Gasteiger partial charge on any atom is -0.346 e. The average Bonchev–Trinajstić information content (AvgIpc) is 3.41. The Labute approximate surface area is 152 Å². The van der Waals surface area contributed by atoms with Crippen LogP contribution in [0.4, 0.5) is 0 Å². The molecule has 4 aromatic rings. The van der Waals surface area contributed by atoms with E-state index in [4.69, 9.17) is 0 Å². The molecule has 136 valence electrons. The van der Waals surface area contributed by atoms with Crippen LogP contribution >= 0.6 is 0 Å². The predicted octanol–water partition coefficient (Wildman–Crippen LogP) is 3.28. The lowest BCUT2D eigenvalue weighted by molar-refractivity contribution is 0.369. The van der Waals surface area contributed by atoms with Crippen LogP contribution in [0.25, 0.3) is 22.1 Å². The zero-order chi connectivity index (χ0) is 17.8. The van der Waals surface area contributed by atoms with Crippen LogP contribution in [0.15, 0.2) is 37.3 Å². The molecule has 1 fully saturated rings. The molecule has 0 amide bonds. The number of hydrogen-bond acceptors (Lipinski definition) is 4. The Balaban J connectivity index is 0.000000130. The molecule has 1 aliphatic carbocycles. The summed E-state index contributed by atoms with van der Waals surface area (Å²) in [5.74, 6) is 0. The summed E-state index contributed by atoms with van der Waals surface area (Å²) in [4.78, 5) is 18.6. The van der Waals surface area contributed by atoms with Gasteiger partial charge in [-0.25, -0.2) is 15.0 Å². The van der Waals surface area contributed by atoms with Gasteiger partial charge in [0, 0.05) is 37.4 Å². The number of nitrogens with one attached hydrogen (secondary N) is 3. The van der Waals surface area contributed by atoms with Crippen molar-refractivity contribution in [1.29, 1.82) is 0 Å². The maximum absolute atomic E-state index is 4.21. The van der Waals surface area contributed by atoms with Gasteiger partial charge in [-0.3, -0.25) is 0 Å². The highest BCUT2D eigenvalue weighted by molar-refractivity contribution is 6.00. The molecule has 4 heterocycles. The molecule has 7 nitrogen and oxygen atoms in total. The standard InChI is InChI=1S/C11H19N3.C8H6N4/c1-14-9-12-7-11(14)8-13-10-5-3-2-4-6-10;1-2-9-8-5(1)7-6(3-10-8)11-4-12-7/h7,9-10,13H,2-6,8H2,1H3;1-4H,(H,9,10)(H,11,12). The Kier molecular flexibility index (Phi) is 4.97. The van der Waals surface area contributed by atoms with Gasteiger partial charge in [-0.2, -0.15) is 0 Å². The number of aryl methyl sites for hydroxylation is 1. The Morgan fingerprint density at radius 3 is 2.85 bits per heavy atom. The third-order valence-electron chi connectivity index (χ3n) is 5.07. The second-order valence-electron chi connectivity index (χ2n) is 6.87. The Hall–Kier alpha value is -2.67. The van der Waals surface area contributed by atoms with Crippen LogP contribution in [0.5, 0.6) is 0 Å². The number of fused-ring (bicyclic) bond motifs is 3. The van der Waals surface area contributed by atoms with Crippen LogP contribution in [0, 0.1) is 0 Å². The molecule has 1 aliphatic rings. The molecule has 0 spiro atoms. The zero-order valence-corrected chi connectivity index (χ0v) is 15.1. The van der Waals surface area contributed by atoms with E-state index in [1.165, 1.54) is 37.8 Å². The zero-order valence-electron chi connectivity index (χ0n) is 15.1. The summed E-state index contributed by atoms with van der Waals surface area (Å²) in [7, 11) is 2.05. The lowest BCUT2D eigenvalue weighted by atomic mass is 9.95. The van der Waals surface area contributed by atoms with Crippen molar-refractivity contribution in [3.8, 4) is 0 Å². The highest BCUT2D eigenvalue weighted by atomic mass is 15.0. The third kappa shape index (κ3) is 3.62. The van der Waals surface area contributed by atoms with E-state index in [2.05, 4.69) is 34.8 Å². The number of imidazole rings is 2. The van der Waals surface area contributed by atoms with Gasteiger partial charge in [0.2, 0.25) is 0 Å². The second-order valence-corrected chi connectivity index (χ2v) is 6.87. The van der Waals surface area contributed by atoms with Crippen molar-refractivity contribution in [2.24, 2.45) is 7.05 Å². The molecule has 0 saturated heterocycles. The number of hydrogen-bond donors (Lipinski definition) is 3. The molecule has 7 heteroatoms. The van der Waals surface area contributed by atoms with Gasteiger partial charge in [0.15, 0.2) is 0 Å². The number of aromatic nitrogens is 6. The van der Waals surface area contributed by atoms with Crippen molar-refractivity contribution < 1.29 is 0 Å². The molecule has 3 N–H and O–H groups in total. The summed E-state index contributed by atoms with van der Waals surface area (Å²) >= 11 is 0. The topological polar surface area (TPSA) is 87.2 Å². The van der Waals surface area contributed by atoms with Gasteiger partial charge in [0.1, 0.15) is 11.2 Å². The first-order chi connectivity index (χ1) is 12.8. The first-order valence-corrected chi connectivity index (χ1v) is 9.25. The molecule has 5 rings (SSSR count). The summed E-state index contributed by atoms with van der Waals surface area (Å²) in [6.45, 7) is 0.959. The van der Waals surface area contributed by atoms with Crippen molar-refractivity contribution in [2.75, 3.05) is 0 Å². The van der Waals surface area contributed by atoms with Crippen LogP contribution < -0.4 is 5.32 Å². The number of H-pyrrole nitrogens is 2. The minimum atomic E-state index is 0.735. The highest BCUT2D eigenvalue weighted by Gasteiger charge is 2.12. The van der Waals surface area contributed by atoms with Gasteiger partial charge in [0.25, 0.3) is 0 Å². The molecular weight excluding hydrogens is 326 g/mol. The first kappa shape index (κ1) is 16.8. The van der Waals surface area contributed by atoms with Crippen molar-refractivity contribution in [2.45, 2.75) is 44.7 Å². The number of pyridine rings is 1. The lowest BCUT2D eigenvalue weighted by Crippen LogP contribution is -2.30. The van der Waals surface area contributed by atoms with Gasteiger partial charge >= 0.3 is 0 Å². The van der Waals surface area contributed by atoms with Gasteiger partial charge < -0.3 is 19.9 Å². The van der Waals surface area contributed by atoms with E-state index < -0.39 is 0 Å². The largest absolute Gasteiger partial charge is 0.346 e. The molecule has 1 saturated carbocycles. The highest BCUT2D eigenvalue weighted by Crippen LogP contribution is 2.19. The monoisotopic (exact) mass is 351 g/mol. The molecular formula is C19H25N7. The SMILES string of the molecule is Cn1cncc1CNC1CCCCC1.c1nc2c(cnc3[nH]ccc32)[nH]1. The fourth-order valence-electron chi connectivity index (χ4n) is 3.52. The normalized spacial score (nSPS) is 15.3. The summed E-state index contributed by atoms with van der Waals surface area (Å²) in [5, 5.41) is 4.67. The second kappa shape index (κ2) is 7.70. The van der Waals surface area contributed by atoms with Gasteiger partial charge in [0.05, 0.1) is 30.1 Å². The molecule has 0 aliphatic heterocycles. The Bertz CT molecular complexity index is 909. The molecule has 26 heavy (non-hydrogen) atoms. The minimum absolute atomic E-state index is 0.735. The van der Waals surface area contributed by atoms with Crippen LogP contribution in [-0.4, -0.2) is 35.5 Å². The van der Waals surface area contributed by atoms with E-state index >= 15 is 0 Å². The molecule has 0 aromatic carbocycles. The summed E-state index contributed by atoms with van der Waals surface area (Å²) in [5.41, 5.74) is 4.11. The van der Waals surface area contributed by atoms with Crippen LogP contribution in [0.3, 0.4) is 0 Å². The average molecular weight is 351 g/mol. The molecule has 0 radical (unpaired) electrons. The maximum atomic E-state index is 4.21. The van der Waals surface area contributed by atoms with E-state index in [9.17, 15) is 0 Å². The van der Waals surface area contributed by atoms with Gasteiger partial charge in [-0.15, -0.1) is 0 Å². The number of nitrogens with zero attached hydrogens (tertiary/aromatic N) is 4. The molecule has 0 unspecified atom stereocenters. The molecule has 0 atom stereocenters. The Morgan fingerprint density at radius 1 is 1.15 bits per heavy atom. The van der Waals surface area contributed by atoms with Crippen molar-refractivity contribution in [3.05, 3.63) is 43.0 Å². The molecule has 0 bridgehead atoms. The fraction of sp³-hybridized carbons (Fsp3) is 0.421. The fourth-order valence-corrected chi connectivity index (χ4v) is 3.52. The van der Waals surface area contributed by atoms with Crippen molar-refractivity contribution in [1.82, 2.24) is 34.8 Å². The van der Waals surface area contributed by atoms with Crippen LogP contribution in [0.2, 0.25) is 0 Å². The maximum Gasteiger partial charge on any atom is 0.139 e. The van der Waals surface area contributed by atoms with E-state index in [0.29, 0.717) is 0 Å². The van der Waals surface area contributed by atoms with Gasteiger partial charge in [-0.1, -0.05) is 19.3 Å². The van der Waals surface area contributed by atoms with E-state index in [0.717, 1.165) is 34.7 Å². The molecule has 4 aromatic heterocycles.